The molecule has 2 fully saturated rings. The quantitative estimate of drug-likeness (QED) is 0.470. The van der Waals surface area contributed by atoms with E-state index in [2.05, 4.69) is 54.0 Å². The van der Waals surface area contributed by atoms with E-state index in [1.807, 2.05) is 0 Å². The topological polar surface area (TPSA) is 61.4 Å². The molecule has 1 aromatic rings. The first-order chi connectivity index (χ1) is 13.4. The fourth-order valence-electron chi connectivity index (χ4n) is 4.27. The van der Waals surface area contributed by atoms with Gasteiger partial charge in [-0.15, -0.1) is 24.8 Å². The molecule has 6 heteroatoms. The standard InChI is InChI=1S/C24H36N2O2.2ClH/c1-4-18(14-17-8-6-5-7-9-17)21-15-22(21)26-20-12-10-19(11-13-20)25-16-24(2,3)23(27)28;;/h5-9,14,19-22,25-26H,4,10-13,15-16H2,1-3H3,(H,27,28);2*1H/t19-,20+,21-,22+;;/m0../s1. The van der Waals surface area contributed by atoms with E-state index >= 15 is 0 Å². The van der Waals surface area contributed by atoms with Gasteiger partial charge in [0.25, 0.3) is 0 Å². The van der Waals surface area contributed by atoms with Gasteiger partial charge in [0.2, 0.25) is 0 Å². The lowest BCUT2D eigenvalue weighted by molar-refractivity contribution is -0.146. The van der Waals surface area contributed by atoms with Gasteiger partial charge in [0, 0.05) is 24.7 Å². The van der Waals surface area contributed by atoms with Gasteiger partial charge in [-0.05, 0) is 63.9 Å². The van der Waals surface area contributed by atoms with Gasteiger partial charge < -0.3 is 15.7 Å². The van der Waals surface area contributed by atoms with E-state index in [9.17, 15) is 9.90 Å². The summed E-state index contributed by atoms with van der Waals surface area (Å²) in [6, 6.07) is 12.3. The highest BCUT2D eigenvalue weighted by Gasteiger charge is 2.40. The predicted octanol–water partition coefficient (Wildman–Crippen LogP) is 5.31. The second-order valence-electron chi connectivity index (χ2n) is 9.22. The molecule has 0 spiro atoms. The first kappa shape index (κ1) is 27.0. The molecule has 30 heavy (non-hydrogen) atoms. The van der Waals surface area contributed by atoms with Crippen LogP contribution in [0, 0.1) is 11.3 Å². The molecule has 0 radical (unpaired) electrons. The van der Waals surface area contributed by atoms with Crippen molar-refractivity contribution in [2.45, 2.75) is 77.4 Å². The summed E-state index contributed by atoms with van der Waals surface area (Å²) in [7, 11) is 0. The van der Waals surface area contributed by atoms with Crippen molar-refractivity contribution in [3.05, 3.63) is 41.5 Å². The Balaban J connectivity index is 0.00000225. The minimum absolute atomic E-state index is 0. The zero-order valence-corrected chi connectivity index (χ0v) is 20.0. The molecule has 0 aromatic heterocycles. The molecule has 0 aliphatic heterocycles. The maximum atomic E-state index is 11.2. The van der Waals surface area contributed by atoms with Crippen LogP contribution < -0.4 is 10.6 Å². The van der Waals surface area contributed by atoms with Gasteiger partial charge in [0.1, 0.15) is 0 Å². The Bertz CT molecular complexity index is 686. The van der Waals surface area contributed by atoms with Crippen LogP contribution in [0.1, 0.15) is 64.9 Å². The van der Waals surface area contributed by atoms with E-state index in [-0.39, 0.29) is 24.8 Å². The summed E-state index contributed by atoms with van der Waals surface area (Å²) in [6.45, 7) is 6.38. The molecule has 2 atom stereocenters. The third-order valence-electron chi connectivity index (χ3n) is 6.42. The molecule has 0 heterocycles. The number of rotatable bonds is 9. The molecule has 0 saturated heterocycles. The molecule has 0 unspecified atom stereocenters. The largest absolute Gasteiger partial charge is 0.481 e. The normalized spacial score (nSPS) is 26.3. The van der Waals surface area contributed by atoms with Crippen molar-refractivity contribution in [3.8, 4) is 0 Å². The number of aliphatic carboxylic acids is 1. The Morgan fingerprint density at radius 2 is 1.70 bits per heavy atom. The smallest absolute Gasteiger partial charge is 0.310 e. The summed E-state index contributed by atoms with van der Waals surface area (Å²) in [5, 5.41) is 16.6. The molecule has 170 valence electrons. The molecule has 0 bridgehead atoms. The average molecular weight is 457 g/mol. The number of halogens is 2. The van der Waals surface area contributed by atoms with Crippen LogP contribution in [0.3, 0.4) is 0 Å². The van der Waals surface area contributed by atoms with Crippen molar-refractivity contribution < 1.29 is 9.90 Å². The van der Waals surface area contributed by atoms with Gasteiger partial charge in [-0.1, -0.05) is 48.9 Å². The van der Waals surface area contributed by atoms with E-state index < -0.39 is 11.4 Å². The summed E-state index contributed by atoms with van der Waals surface area (Å²) in [5.41, 5.74) is 2.17. The molecular weight excluding hydrogens is 419 g/mol. The highest BCUT2D eigenvalue weighted by Crippen LogP contribution is 2.40. The monoisotopic (exact) mass is 456 g/mol. The first-order valence-electron chi connectivity index (χ1n) is 10.9. The van der Waals surface area contributed by atoms with Crippen molar-refractivity contribution in [2.24, 2.45) is 11.3 Å². The lowest BCUT2D eigenvalue weighted by Crippen LogP contribution is -2.45. The Morgan fingerprint density at radius 1 is 1.10 bits per heavy atom. The number of hydrogen-bond donors (Lipinski definition) is 3. The van der Waals surface area contributed by atoms with E-state index in [0.717, 1.165) is 19.3 Å². The molecule has 2 aliphatic carbocycles. The maximum Gasteiger partial charge on any atom is 0.310 e. The highest BCUT2D eigenvalue weighted by atomic mass is 35.5. The molecule has 2 aliphatic rings. The number of nitrogens with one attached hydrogen (secondary N) is 2. The van der Waals surface area contributed by atoms with Crippen molar-refractivity contribution >= 4 is 36.9 Å². The third kappa shape index (κ3) is 7.56. The van der Waals surface area contributed by atoms with Crippen LogP contribution in [0.2, 0.25) is 0 Å². The third-order valence-corrected chi connectivity index (χ3v) is 6.42. The number of carboxylic acid groups (broad SMARTS) is 1. The summed E-state index contributed by atoms with van der Waals surface area (Å²) >= 11 is 0. The van der Waals surface area contributed by atoms with Crippen molar-refractivity contribution in [3.63, 3.8) is 0 Å². The zero-order chi connectivity index (χ0) is 20.1. The van der Waals surface area contributed by atoms with Crippen molar-refractivity contribution in [1.82, 2.24) is 10.6 Å². The highest BCUT2D eigenvalue weighted by molar-refractivity contribution is 5.85. The number of hydrogen-bond acceptors (Lipinski definition) is 3. The average Bonchev–Trinajstić information content (AvgIpc) is 3.45. The lowest BCUT2D eigenvalue weighted by Gasteiger charge is -2.32. The van der Waals surface area contributed by atoms with Crippen LogP contribution in [0.5, 0.6) is 0 Å². The van der Waals surface area contributed by atoms with Crippen LogP contribution in [-0.4, -0.2) is 35.7 Å². The summed E-state index contributed by atoms with van der Waals surface area (Å²) in [6.07, 6.45) is 9.37. The fourth-order valence-corrected chi connectivity index (χ4v) is 4.27. The molecule has 2 saturated carbocycles. The van der Waals surface area contributed by atoms with E-state index in [4.69, 9.17) is 0 Å². The van der Waals surface area contributed by atoms with Crippen LogP contribution in [-0.2, 0) is 4.79 Å². The summed E-state index contributed by atoms with van der Waals surface area (Å²) in [4.78, 5) is 11.2. The maximum absolute atomic E-state index is 11.2. The van der Waals surface area contributed by atoms with Crippen molar-refractivity contribution in [2.75, 3.05) is 6.54 Å². The summed E-state index contributed by atoms with van der Waals surface area (Å²) in [5.74, 6) is -0.0390. The molecular formula is C24H38Cl2N2O2. The Labute approximate surface area is 194 Å². The van der Waals surface area contributed by atoms with Crippen LogP contribution >= 0.6 is 24.8 Å². The number of carbonyl (C=O) groups is 1. The van der Waals surface area contributed by atoms with Crippen LogP contribution in [0.4, 0.5) is 0 Å². The van der Waals surface area contributed by atoms with E-state index in [1.165, 1.54) is 24.8 Å². The minimum Gasteiger partial charge on any atom is -0.481 e. The SMILES string of the molecule is CCC(=Cc1ccccc1)[C@@H]1C[C@H]1N[C@H]1CC[C@@H](NCC(C)(C)C(=O)O)CC1.Cl.Cl. The number of benzene rings is 1. The van der Waals surface area contributed by atoms with E-state index in [1.54, 1.807) is 19.4 Å². The molecule has 3 rings (SSSR count). The molecule has 0 amide bonds. The second-order valence-corrected chi connectivity index (χ2v) is 9.22. The molecule has 3 N–H and O–H groups in total. The summed E-state index contributed by atoms with van der Waals surface area (Å²) < 4.78 is 0. The van der Waals surface area contributed by atoms with Gasteiger partial charge in [0.05, 0.1) is 5.41 Å². The van der Waals surface area contributed by atoms with Gasteiger partial charge >= 0.3 is 5.97 Å². The Kier molecular flexibility index (Phi) is 10.9. The lowest BCUT2D eigenvalue weighted by atomic mass is 9.88. The van der Waals surface area contributed by atoms with Gasteiger partial charge in [0.15, 0.2) is 0 Å². The van der Waals surface area contributed by atoms with Gasteiger partial charge in [-0.25, -0.2) is 0 Å². The van der Waals surface area contributed by atoms with E-state index in [0.29, 0.717) is 30.6 Å². The Morgan fingerprint density at radius 3 is 2.27 bits per heavy atom. The fraction of sp³-hybridized carbons (Fsp3) is 0.625. The predicted molar refractivity (Wildman–Crippen MR) is 130 cm³/mol. The van der Waals surface area contributed by atoms with Crippen LogP contribution in [0.25, 0.3) is 6.08 Å². The van der Waals surface area contributed by atoms with Gasteiger partial charge in [-0.3, -0.25) is 4.79 Å². The number of carboxylic acids is 1. The zero-order valence-electron chi connectivity index (χ0n) is 18.4. The van der Waals surface area contributed by atoms with Crippen molar-refractivity contribution in [1.29, 1.82) is 0 Å². The second kappa shape index (κ2) is 12.1. The first-order valence-corrected chi connectivity index (χ1v) is 10.9. The minimum atomic E-state index is -0.731. The van der Waals surface area contributed by atoms with Crippen LogP contribution in [0.15, 0.2) is 35.9 Å². The molecule has 1 aromatic carbocycles. The Hall–Kier alpha value is -1.07. The molecule has 4 nitrogen and oxygen atoms in total. The van der Waals surface area contributed by atoms with Gasteiger partial charge in [-0.2, -0.15) is 0 Å².